The maximum atomic E-state index is 10.2. The van der Waals surface area contributed by atoms with Gasteiger partial charge in [-0.1, -0.05) is 48.5 Å². The minimum atomic E-state index is -1.45. The standard InChI is InChI=1S/C27H29BO3/c29-16-24-4-3-23(20-1-2-22-11-25(28(30)31)6-5-21(22)10-20)12-26(24)27-13-17-7-18(14-27)9-19(8-17)15-27/h1-6,10-12,17-19,29-31H,7-9,13-16H2. The maximum Gasteiger partial charge on any atom is 0.488 e. The third kappa shape index (κ3) is 3.24. The Morgan fingerprint density at radius 1 is 0.742 bits per heavy atom. The molecule has 31 heavy (non-hydrogen) atoms. The van der Waals surface area contributed by atoms with Crippen molar-refractivity contribution in [2.24, 2.45) is 17.8 Å². The van der Waals surface area contributed by atoms with Crippen LogP contribution < -0.4 is 5.46 Å². The highest BCUT2D eigenvalue weighted by Gasteiger charge is 2.52. The van der Waals surface area contributed by atoms with Crippen LogP contribution in [0.25, 0.3) is 21.9 Å². The molecule has 4 aliphatic rings. The van der Waals surface area contributed by atoms with Crippen LogP contribution in [0.15, 0.2) is 54.6 Å². The van der Waals surface area contributed by atoms with Crippen LogP contribution in [0, 0.1) is 17.8 Å². The summed E-state index contributed by atoms with van der Waals surface area (Å²) in [5.74, 6) is 2.62. The minimum Gasteiger partial charge on any atom is -0.423 e. The molecule has 0 heterocycles. The van der Waals surface area contributed by atoms with Crippen molar-refractivity contribution in [2.75, 3.05) is 0 Å². The topological polar surface area (TPSA) is 60.7 Å². The lowest BCUT2D eigenvalue weighted by molar-refractivity contribution is -0.00600. The Balaban J connectivity index is 1.42. The van der Waals surface area contributed by atoms with Gasteiger partial charge in [-0.15, -0.1) is 0 Å². The van der Waals surface area contributed by atoms with Gasteiger partial charge < -0.3 is 15.2 Å². The van der Waals surface area contributed by atoms with Gasteiger partial charge >= 0.3 is 7.12 Å². The fraction of sp³-hybridized carbons (Fsp3) is 0.407. The van der Waals surface area contributed by atoms with Crippen LogP contribution in [0.5, 0.6) is 0 Å². The second-order valence-electron chi connectivity index (χ2n) is 10.4. The fourth-order valence-electron chi connectivity index (χ4n) is 7.43. The number of fused-ring (bicyclic) bond motifs is 1. The lowest BCUT2D eigenvalue weighted by Gasteiger charge is -2.57. The molecule has 0 atom stereocenters. The van der Waals surface area contributed by atoms with E-state index in [0.29, 0.717) is 5.46 Å². The highest BCUT2D eigenvalue weighted by atomic mass is 16.4. The van der Waals surface area contributed by atoms with Gasteiger partial charge in [0.05, 0.1) is 6.61 Å². The van der Waals surface area contributed by atoms with Crippen molar-refractivity contribution in [1.82, 2.24) is 0 Å². The Hall–Kier alpha value is -2.14. The molecule has 3 nitrogen and oxygen atoms in total. The lowest BCUT2D eigenvalue weighted by atomic mass is 9.47. The molecule has 0 spiro atoms. The summed E-state index contributed by atoms with van der Waals surface area (Å²) < 4.78 is 0. The fourth-order valence-corrected chi connectivity index (χ4v) is 7.43. The lowest BCUT2D eigenvalue weighted by Crippen LogP contribution is -2.49. The van der Waals surface area contributed by atoms with E-state index in [1.54, 1.807) is 6.07 Å². The Morgan fingerprint density at radius 3 is 1.97 bits per heavy atom. The third-order valence-electron chi connectivity index (χ3n) is 8.39. The quantitative estimate of drug-likeness (QED) is 0.565. The molecule has 0 aliphatic heterocycles. The monoisotopic (exact) mass is 412 g/mol. The molecule has 3 N–H and O–H groups in total. The van der Waals surface area contributed by atoms with Gasteiger partial charge in [0.2, 0.25) is 0 Å². The van der Waals surface area contributed by atoms with E-state index < -0.39 is 7.12 Å². The molecule has 3 aromatic carbocycles. The molecule has 0 saturated heterocycles. The molecule has 4 saturated carbocycles. The highest BCUT2D eigenvalue weighted by Crippen LogP contribution is 2.61. The van der Waals surface area contributed by atoms with Crippen molar-refractivity contribution in [3.8, 4) is 11.1 Å². The van der Waals surface area contributed by atoms with Gasteiger partial charge in [-0.2, -0.15) is 0 Å². The molecule has 0 radical (unpaired) electrons. The first kappa shape index (κ1) is 19.5. The van der Waals surface area contributed by atoms with Crippen molar-refractivity contribution in [3.63, 3.8) is 0 Å². The van der Waals surface area contributed by atoms with Crippen LogP contribution in [-0.2, 0) is 12.0 Å². The van der Waals surface area contributed by atoms with E-state index in [-0.39, 0.29) is 12.0 Å². The van der Waals surface area contributed by atoms with Crippen LogP contribution in [0.3, 0.4) is 0 Å². The van der Waals surface area contributed by atoms with E-state index in [9.17, 15) is 15.2 Å². The van der Waals surface area contributed by atoms with Crippen LogP contribution >= 0.6 is 0 Å². The van der Waals surface area contributed by atoms with Crippen molar-refractivity contribution in [1.29, 1.82) is 0 Å². The summed E-state index contributed by atoms with van der Waals surface area (Å²) in [5, 5.41) is 31.1. The number of benzene rings is 3. The Bertz CT molecular complexity index is 1120. The second kappa shape index (κ2) is 7.20. The predicted octanol–water partition coefficient (Wildman–Crippen LogP) is 4.15. The SMILES string of the molecule is OCc1ccc(-c2ccc3cc(B(O)O)ccc3c2)cc1C12CC3CC(CC(C3)C1)C2. The average Bonchev–Trinajstić information content (AvgIpc) is 2.77. The van der Waals surface area contributed by atoms with E-state index in [1.165, 1.54) is 55.2 Å². The number of aliphatic hydroxyl groups excluding tert-OH is 1. The van der Waals surface area contributed by atoms with Crippen molar-refractivity contribution < 1.29 is 15.2 Å². The molecule has 3 aromatic rings. The molecule has 4 bridgehead atoms. The van der Waals surface area contributed by atoms with E-state index in [2.05, 4.69) is 36.4 Å². The van der Waals surface area contributed by atoms with Gasteiger partial charge in [0.1, 0.15) is 0 Å². The average molecular weight is 412 g/mol. The van der Waals surface area contributed by atoms with Crippen LogP contribution in [-0.4, -0.2) is 22.3 Å². The van der Waals surface area contributed by atoms with Gasteiger partial charge in [0, 0.05) is 0 Å². The summed E-state index contributed by atoms with van der Waals surface area (Å²) in [6.45, 7) is 0.112. The molecule has 0 unspecified atom stereocenters. The molecule has 4 heteroatoms. The van der Waals surface area contributed by atoms with E-state index in [1.807, 2.05) is 12.1 Å². The summed E-state index contributed by atoms with van der Waals surface area (Å²) in [6, 6.07) is 18.6. The number of rotatable bonds is 4. The Labute approximate surface area is 183 Å². The normalized spacial score (nSPS) is 28.9. The third-order valence-corrected chi connectivity index (χ3v) is 8.39. The van der Waals surface area contributed by atoms with Crippen molar-refractivity contribution in [2.45, 2.75) is 50.5 Å². The molecule has 0 amide bonds. The molecule has 4 aliphatic carbocycles. The first-order chi connectivity index (χ1) is 15.0. The summed E-state index contributed by atoms with van der Waals surface area (Å²) in [5.41, 5.74) is 5.64. The largest absolute Gasteiger partial charge is 0.488 e. The number of hydrogen-bond donors (Lipinski definition) is 3. The molecular weight excluding hydrogens is 383 g/mol. The molecule has 0 aromatic heterocycles. The smallest absolute Gasteiger partial charge is 0.423 e. The maximum absolute atomic E-state index is 10.2. The summed E-state index contributed by atoms with van der Waals surface area (Å²) >= 11 is 0. The van der Waals surface area contributed by atoms with Gasteiger partial charge in [0.15, 0.2) is 0 Å². The summed E-state index contributed by atoms with van der Waals surface area (Å²) in [4.78, 5) is 0. The van der Waals surface area contributed by atoms with Crippen molar-refractivity contribution >= 4 is 23.4 Å². The molecular formula is C27H29BO3. The van der Waals surface area contributed by atoms with Gasteiger partial charge in [-0.05, 0) is 106 Å². The summed E-state index contributed by atoms with van der Waals surface area (Å²) in [6.07, 6.45) is 8.13. The van der Waals surface area contributed by atoms with Gasteiger partial charge in [-0.3, -0.25) is 0 Å². The first-order valence-electron chi connectivity index (χ1n) is 11.7. The number of hydrogen-bond acceptors (Lipinski definition) is 3. The Kier molecular flexibility index (Phi) is 4.54. The van der Waals surface area contributed by atoms with E-state index >= 15 is 0 Å². The van der Waals surface area contributed by atoms with E-state index in [4.69, 9.17) is 0 Å². The molecule has 7 rings (SSSR count). The molecule has 158 valence electrons. The number of aliphatic hydroxyl groups is 1. The van der Waals surface area contributed by atoms with Crippen LogP contribution in [0.4, 0.5) is 0 Å². The molecule has 4 fully saturated rings. The van der Waals surface area contributed by atoms with Crippen LogP contribution in [0.1, 0.15) is 49.7 Å². The van der Waals surface area contributed by atoms with Gasteiger partial charge in [-0.25, -0.2) is 0 Å². The van der Waals surface area contributed by atoms with Crippen LogP contribution in [0.2, 0.25) is 0 Å². The second-order valence-corrected chi connectivity index (χ2v) is 10.4. The Morgan fingerprint density at radius 2 is 1.32 bits per heavy atom. The van der Waals surface area contributed by atoms with Gasteiger partial charge in [0.25, 0.3) is 0 Å². The zero-order valence-corrected chi connectivity index (χ0v) is 17.8. The van der Waals surface area contributed by atoms with E-state index in [0.717, 1.165) is 34.1 Å². The first-order valence-corrected chi connectivity index (χ1v) is 11.7. The summed E-state index contributed by atoms with van der Waals surface area (Å²) in [7, 11) is -1.45. The zero-order chi connectivity index (χ0) is 21.2. The predicted molar refractivity (Wildman–Crippen MR) is 125 cm³/mol. The zero-order valence-electron chi connectivity index (χ0n) is 17.8. The van der Waals surface area contributed by atoms with Crippen molar-refractivity contribution in [3.05, 3.63) is 65.7 Å². The minimum absolute atomic E-state index is 0.112. The highest BCUT2D eigenvalue weighted by molar-refractivity contribution is 6.58.